The van der Waals surface area contributed by atoms with Gasteiger partial charge in [-0.15, -0.1) is 0 Å². The van der Waals surface area contributed by atoms with E-state index in [1.54, 1.807) is 4.90 Å². The number of likely N-dealkylation sites (tertiary alicyclic amines) is 2. The molecule has 2 heterocycles. The van der Waals surface area contributed by atoms with E-state index in [0.717, 1.165) is 25.2 Å². The SMILES string of the molecule is CN(C)C(=O)c1cccc(CN2CCC[C@@H]2[C@H]2CCCN2Cc2ccccc2)c1. The monoisotopic (exact) mass is 391 g/mol. The molecule has 0 unspecified atom stereocenters. The smallest absolute Gasteiger partial charge is 0.253 e. The molecular weight excluding hydrogens is 358 g/mol. The fourth-order valence-electron chi connectivity index (χ4n) is 5.08. The molecule has 29 heavy (non-hydrogen) atoms. The van der Waals surface area contributed by atoms with Gasteiger partial charge in [-0.3, -0.25) is 14.6 Å². The Labute approximate surface area is 175 Å². The summed E-state index contributed by atoms with van der Waals surface area (Å²) < 4.78 is 0. The van der Waals surface area contributed by atoms with Crippen molar-refractivity contribution in [1.29, 1.82) is 0 Å². The Morgan fingerprint density at radius 2 is 1.45 bits per heavy atom. The molecule has 4 nitrogen and oxygen atoms in total. The lowest BCUT2D eigenvalue weighted by atomic mass is 10.0. The van der Waals surface area contributed by atoms with E-state index in [4.69, 9.17) is 0 Å². The highest BCUT2D eigenvalue weighted by Gasteiger charge is 2.37. The van der Waals surface area contributed by atoms with Crippen molar-refractivity contribution in [3.8, 4) is 0 Å². The molecule has 0 bridgehead atoms. The summed E-state index contributed by atoms with van der Waals surface area (Å²) in [5, 5.41) is 0. The third-order valence-electron chi connectivity index (χ3n) is 6.47. The van der Waals surface area contributed by atoms with Crippen molar-refractivity contribution in [1.82, 2.24) is 14.7 Å². The third-order valence-corrected chi connectivity index (χ3v) is 6.47. The minimum Gasteiger partial charge on any atom is -0.345 e. The van der Waals surface area contributed by atoms with Crippen LogP contribution in [-0.4, -0.2) is 59.9 Å². The second kappa shape index (κ2) is 9.10. The van der Waals surface area contributed by atoms with Gasteiger partial charge < -0.3 is 4.90 Å². The molecule has 2 aliphatic rings. The van der Waals surface area contributed by atoms with Crippen LogP contribution in [0.1, 0.15) is 47.2 Å². The van der Waals surface area contributed by atoms with Crippen LogP contribution in [0.25, 0.3) is 0 Å². The van der Waals surface area contributed by atoms with Crippen LogP contribution in [0.3, 0.4) is 0 Å². The molecule has 0 aliphatic carbocycles. The summed E-state index contributed by atoms with van der Waals surface area (Å²) >= 11 is 0. The Hall–Kier alpha value is -2.17. The molecule has 0 saturated carbocycles. The van der Waals surface area contributed by atoms with Crippen LogP contribution in [-0.2, 0) is 13.1 Å². The summed E-state index contributed by atoms with van der Waals surface area (Å²) in [5.74, 6) is 0.0784. The van der Waals surface area contributed by atoms with Crippen LogP contribution >= 0.6 is 0 Å². The molecule has 2 saturated heterocycles. The molecule has 2 aromatic carbocycles. The molecule has 2 atom stereocenters. The van der Waals surface area contributed by atoms with Gasteiger partial charge in [0, 0.05) is 44.8 Å². The van der Waals surface area contributed by atoms with E-state index in [1.807, 2.05) is 26.2 Å². The zero-order valence-electron chi connectivity index (χ0n) is 17.8. The van der Waals surface area contributed by atoms with E-state index in [0.29, 0.717) is 12.1 Å². The average molecular weight is 392 g/mol. The minimum absolute atomic E-state index is 0.0784. The van der Waals surface area contributed by atoms with Crippen molar-refractivity contribution < 1.29 is 4.79 Å². The molecule has 2 aromatic rings. The number of carbonyl (C=O) groups excluding carboxylic acids is 1. The van der Waals surface area contributed by atoms with E-state index < -0.39 is 0 Å². The first kappa shape index (κ1) is 20.1. The second-order valence-corrected chi connectivity index (χ2v) is 8.75. The van der Waals surface area contributed by atoms with Crippen molar-refractivity contribution >= 4 is 5.91 Å². The predicted octanol–water partition coefficient (Wildman–Crippen LogP) is 4.02. The molecule has 4 rings (SSSR count). The molecule has 0 spiro atoms. The van der Waals surface area contributed by atoms with Gasteiger partial charge >= 0.3 is 0 Å². The van der Waals surface area contributed by atoms with E-state index in [-0.39, 0.29) is 5.91 Å². The maximum absolute atomic E-state index is 12.3. The van der Waals surface area contributed by atoms with Crippen molar-refractivity contribution in [3.05, 3.63) is 71.3 Å². The van der Waals surface area contributed by atoms with Gasteiger partial charge in [0.05, 0.1) is 0 Å². The lowest BCUT2D eigenvalue weighted by Gasteiger charge is -2.35. The number of hydrogen-bond acceptors (Lipinski definition) is 3. The topological polar surface area (TPSA) is 26.8 Å². The lowest BCUT2D eigenvalue weighted by Crippen LogP contribution is -2.45. The predicted molar refractivity (Wildman–Crippen MR) is 118 cm³/mol. The quantitative estimate of drug-likeness (QED) is 0.744. The minimum atomic E-state index is 0.0784. The number of benzene rings is 2. The molecule has 4 heteroatoms. The van der Waals surface area contributed by atoms with Gasteiger partial charge in [-0.2, -0.15) is 0 Å². The number of nitrogens with zero attached hydrogens (tertiary/aromatic N) is 3. The van der Waals surface area contributed by atoms with E-state index in [2.05, 4.69) is 52.3 Å². The van der Waals surface area contributed by atoms with E-state index in [9.17, 15) is 4.79 Å². The van der Waals surface area contributed by atoms with Crippen LogP contribution < -0.4 is 0 Å². The summed E-state index contributed by atoms with van der Waals surface area (Å²) in [5.41, 5.74) is 3.45. The Morgan fingerprint density at radius 3 is 2.07 bits per heavy atom. The molecule has 0 radical (unpaired) electrons. The van der Waals surface area contributed by atoms with Crippen molar-refractivity contribution in [2.75, 3.05) is 27.2 Å². The second-order valence-electron chi connectivity index (χ2n) is 8.75. The number of carbonyl (C=O) groups is 1. The van der Waals surface area contributed by atoms with Gasteiger partial charge in [-0.1, -0.05) is 42.5 Å². The summed E-state index contributed by atoms with van der Waals surface area (Å²) in [6.07, 6.45) is 5.16. The highest BCUT2D eigenvalue weighted by atomic mass is 16.2. The van der Waals surface area contributed by atoms with Gasteiger partial charge in [0.15, 0.2) is 0 Å². The van der Waals surface area contributed by atoms with Gasteiger partial charge in [-0.25, -0.2) is 0 Å². The fraction of sp³-hybridized carbons (Fsp3) is 0.480. The lowest BCUT2D eigenvalue weighted by molar-refractivity contribution is 0.0827. The van der Waals surface area contributed by atoms with Gasteiger partial charge in [0.1, 0.15) is 0 Å². The van der Waals surface area contributed by atoms with E-state index in [1.165, 1.54) is 43.4 Å². The Bertz CT molecular complexity index is 820. The van der Waals surface area contributed by atoms with E-state index >= 15 is 0 Å². The summed E-state index contributed by atoms with van der Waals surface area (Å²) in [4.78, 5) is 19.3. The highest BCUT2D eigenvalue weighted by molar-refractivity contribution is 5.94. The Balaban J connectivity index is 1.45. The number of hydrogen-bond donors (Lipinski definition) is 0. The fourth-order valence-corrected chi connectivity index (χ4v) is 5.08. The third kappa shape index (κ3) is 4.71. The zero-order chi connectivity index (χ0) is 20.2. The summed E-state index contributed by atoms with van der Waals surface area (Å²) in [7, 11) is 3.62. The van der Waals surface area contributed by atoms with Crippen LogP contribution in [0.4, 0.5) is 0 Å². The summed E-state index contributed by atoms with van der Waals surface area (Å²) in [6, 6.07) is 20.3. The maximum atomic E-state index is 12.3. The molecule has 2 aliphatic heterocycles. The summed E-state index contributed by atoms with van der Waals surface area (Å²) in [6.45, 7) is 4.36. The maximum Gasteiger partial charge on any atom is 0.253 e. The first-order valence-corrected chi connectivity index (χ1v) is 10.9. The van der Waals surface area contributed by atoms with Gasteiger partial charge in [0.2, 0.25) is 0 Å². The largest absolute Gasteiger partial charge is 0.345 e. The zero-order valence-corrected chi connectivity index (χ0v) is 17.8. The molecule has 1 amide bonds. The standard InChI is InChI=1S/C25H33N3O/c1-26(2)25(29)22-12-6-11-21(17-22)19-28-16-8-14-24(28)23-13-7-15-27(23)18-20-9-4-3-5-10-20/h3-6,9-12,17,23-24H,7-8,13-16,18-19H2,1-2H3/t23-,24-/m1/s1. The average Bonchev–Trinajstić information content (AvgIpc) is 3.37. The van der Waals surface area contributed by atoms with Crippen LogP contribution in [0.5, 0.6) is 0 Å². The van der Waals surface area contributed by atoms with Gasteiger partial charge in [-0.05, 0) is 62.0 Å². The Kier molecular flexibility index (Phi) is 6.31. The molecule has 154 valence electrons. The van der Waals surface area contributed by atoms with Gasteiger partial charge in [0.25, 0.3) is 5.91 Å². The molecule has 0 aromatic heterocycles. The number of amides is 1. The molecular formula is C25H33N3O. The Morgan fingerprint density at radius 1 is 0.862 bits per heavy atom. The highest BCUT2D eigenvalue weighted by Crippen LogP contribution is 2.32. The van der Waals surface area contributed by atoms with Crippen molar-refractivity contribution in [2.24, 2.45) is 0 Å². The first-order valence-electron chi connectivity index (χ1n) is 10.9. The van der Waals surface area contributed by atoms with Crippen LogP contribution in [0.2, 0.25) is 0 Å². The van der Waals surface area contributed by atoms with Crippen molar-refractivity contribution in [3.63, 3.8) is 0 Å². The molecule has 0 N–H and O–H groups in total. The first-order chi connectivity index (χ1) is 14.1. The molecule has 2 fully saturated rings. The number of rotatable bonds is 6. The van der Waals surface area contributed by atoms with Crippen LogP contribution in [0, 0.1) is 0 Å². The van der Waals surface area contributed by atoms with Crippen LogP contribution in [0.15, 0.2) is 54.6 Å². The normalized spacial score (nSPS) is 22.8. The van der Waals surface area contributed by atoms with Crippen molar-refractivity contribution in [2.45, 2.75) is 50.9 Å².